The van der Waals surface area contributed by atoms with E-state index in [1.807, 2.05) is 6.92 Å². The highest BCUT2D eigenvalue weighted by Crippen LogP contribution is 2.37. The van der Waals surface area contributed by atoms with Crippen LogP contribution in [0.15, 0.2) is 24.4 Å². The molecule has 4 aromatic rings. The van der Waals surface area contributed by atoms with E-state index in [2.05, 4.69) is 20.1 Å². The van der Waals surface area contributed by atoms with Crippen molar-refractivity contribution < 1.29 is 22.3 Å². The third-order valence-electron chi connectivity index (χ3n) is 6.13. The van der Waals surface area contributed by atoms with E-state index >= 15 is 4.39 Å². The molecule has 0 saturated carbocycles. The molecule has 5 rings (SSSR count). The lowest BCUT2D eigenvalue weighted by Gasteiger charge is -2.35. The number of aromatic nitrogens is 5. The van der Waals surface area contributed by atoms with Crippen molar-refractivity contribution in [2.24, 2.45) is 0 Å². The summed E-state index contributed by atoms with van der Waals surface area (Å²) < 4.78 is 47.1. The van der Waals surface area contributed by atoms with Crippen LogP contribution in [0.3, 0.4) is 0 Å². The van der Waals surface area contributed by atoms with Crippen molar-refractivity contribution in [3.8, 4) is 5.75 Å². The van der Waals surface area contributed by atoms with Crippen molar-refractivity contribution in [2.45, 2.75) is 26.3 Å². The molecule has 0 unspecified atom stereocenters. The molecule has 0 radical (unpaired) electrons. The summed E-state index contributed by atoms with van der Waals surface area (Å²) in [7, 11) is -2.19. The van der Waals surface area contributed by atoms with Gasteiger partial charge in [0.2, 0.25) is 15.0 Å². The Kier molecular flexibility index (Phi) is 6.73. The summed E-state index contributed by atoms with van der Waals surface area (Å²) in [5, 5.41) is 5.20. The molecule has 0 N–H and O–H groups in total. The lowest BCUT2D eigenvalue weighted by Crippen LogP contribution is -2.44. The Labute approximate surface area is 226 Å². The maximum absolute atomic E-state index is 15.2. The normalized spacial score (nSPS) is 15.5. The van der Waals surface area contributed by atoms with Gasteiger partial charge < -0.3 is 9.64 Å². The Morgan fingerprint density at radius 1 is 1.32 bits per heavy atom. The van der Waals surface area contributed by atoms with Crippen LogP contribution in [-0.4, -0.2) is 70.2 Å². The molecule has 38 heavy (non-hydrogen) atoms. The number of carbonyl (C=O) groups excluding carboxylic acids is 1. The fraction of sp³-hybridized carbons (Fsp3) is 0.348. The maximum atomic E-state index is 15.2. The summed E-state index contributed by atoms with van der Waals surface area (Å²) in [5.41, 5.74) is 2.06. The van der Waals surface area contributed by atoms with Crippen LogP contribution < -0.4 is 9.04 Å². The minimum absolute atomic E-state index is 0.0882. The second kappa shape index (κ2) is 9.75. The van der Waals surface area contributed by atoms with E-state index in [0.717, 1.165) is 21.3 Å². The Bertz CT molecular complexity index is 1670. The van der Waals surface area contributed by atoms with Crippen molar-refractivity contribution in [1.29, 1.82) is 0 Å². The van der Waals surface area contributed by atoms with Gasteiger partial charge in [0.05, 0.1) is 17.6 Å². The number of carbonyl (C=O) groups is 1. The predicted molar refractivity (Wildman–Crippen MR) is 140 cm³/mol. The summed E-state index contributed by atoms with van der Waals surface area (Å²) in [6.45, 7) is 3.44. The zero-order valence-electron chi connectivity index (χ0n) is 20.8. The van der Waals surface area contributed by atoms with E-state index in [1.165, 1.54) is 41.5 Å². The van der Waals surface area contributed by atoms with Gasteiger partial charge in [-0.25, -0.2) is 27.3 Å². The maximum Gasteiger partial charge on any atom is 0.261 e. The van der Waals surface area contributed by atoms with Gasteiger partial charge in [-0.2, -0.15) is 5.10 Å². The van der Waals surface area contributed by atoms with Gasteiger partial charge in [-0.3, -0.25) is 14.1 Å². The average Bonchev–Trinajstić information content (AvgIpc) is 3.37. The minimum Gasteiger partial charge on any atom is -0.481 e. The van der Waals surface area contributed by atoms with Gasteiger partial charge in [-0.05, 0) is 37.6 Å². The summed E-state index contributed by atoms with van der Waals surface area (Å²) in [6, 6.07) is 3.36. The first-order chi connectivity index (χ1) is 17.9. The van der Waals surface area contributed by atoms with E-state index in [1.54, 1.807) is 17.6 Å². The molecule has 1 aliphatic rings. The average molecular weight is 580 g/mol. The number of sulfonamides is 1. The minimum atomic E-state index is -3.54. The SMILES string of the molecule is Cc1cnc([C@H]2c3c(nc4sc(C)nn34)CCN2C(=O)COc2ccc(N(C)S(C)(=O)=O)nc2Cl)c(F)c1. The van der Waals surface area contributed by atoms with Crippen LogP contribution in [0, 0.1) is 19.7 Å². The van der Waals surface area contributed by atoms with E-state index in [4.69, 9.17) is 16.3 Å². The summed E-state index contributed by atoms with van der Waals surface area (Å²) >= 11 is 7.62. The Balaban J connectivity index is 1.45. The van der Waals surface area contributed by atoms with Crippen molar-refractivity contribution in [3.05, 3.63) is 63.0 Å². The van der Waals surface area contributed by atoms with Crippen LogP contribution in [-0.2, 0) is 21.2 Å². The van der Waals surface area contributed by atoms with Gasteiger partial charge in [0, 0.05) is 26.2 Å². The molecule has 1 amide bonds. The molecule has 5 heterocycles. The first kappa shape index (κ1) is 26.3. The number of hydrogen-bond acceptors (Lipinski definition) is 9. The summed E-state index contributed by atoms with van der Waals surface area (Å²) in [5.74, 6) is -0.774. The second-order valence-electron chi connectivity index (χ2n) is 8.86. The van der Waals surface area contributed by atoms with E-state index in [-0.39, 0.29) is 29.0 Å². The number of fused-ring (bicyclic) bond motifs is 3. The smallest absolute Gasteiger partial charge is 0.261 e. The largest absolute Gasteiger partial charge is 0.481 e. The van der Waals surface area contributed by atoms with Crippen LogP contribution in [0.4, 0.5) is 10.2 Å². The molecule has 0 saturated heterocycles. The van der Waals surface area contributed by atoms with Gasteiger partial charge >= 0.3 is 0 Å². The molecule has 4 aromatic heterocycles. The van der Waals surface area contributed by atoms with Gasteiger partial charge in [0.15, 0.2) is 17.5 Å². The number of ether oxygens (including phenoxy) is 1. The van der Waals surface area contributed by atoms with Crippen LogP contribution in [0.5, 0.6) is 5.75 Å². The van der Waals surface area contributed by atoms with E-state index in [9.17, 15) is 13.2 Å². The van der Waals surface area contributed by atoms with Gasteiger partial charge in [-0.15, -0.1) is 0 Å². The molecule has 0 spiro atoms. The van der Waals surface area contributed by atoms with Crippen LogP contribution in [0.25, 0.3) is 4.96 Å². The fourth-order valence-corrected chi connectivity index (χ4v) is 5.65. The fourth-order valence-electron chi connectivity index (χ4n) is 4.24. The molecule has 200 valence electrons. The van der Waals surface area contributed by atoms with Gasteiger partial charge in [-0.1, -0.05) is 22.9 Å². The summed E-state index contributed by atoms with van der Waals surface area (Å²) in [6.07, 6.45) is 3.05. The molecule has 0 aromatic carbocycles. The number of pyridine rings is 2. The van der Waals surface area contributed by atoms with Crippen molar-refractivity contribution in [2.75, 3.05) is 30.8 Å². The van der Waals surface area contributed by atoms with Crippen LogP contribution in [0.2, 0.25) is 5.15 Å². The van der Waals surface area contributed by atoms with Crippen molar-refractivity contribution >= 4 is 49.6 Å². The second-order valence-corrected chi connectivity index (χ2v) is 12.4. The van der Waals surface area contributed by atoms with Crippen LogP contribution in [0.1, 0.15) is 33.7 Å². The lowest BCUT2D eigenvalue weighted by atomic mass is 9.98. The number of amides is 1. The number of aryl methyl sites for hydroxylation is 2. The number of halogens is 2. The van der Waals surface area contributed by atoms with Crippen molar-refractivity contribution in [3.63, 3.8) is 0 Å². The third-order valence-corrected chi connectivity index (χ3v) is 8.41. The molecule has 11 nitrogen and oxygen atoms in total. The highest BCUT2D eigenvalue weighted by Gasteiger charge is 2.39. The number of anilines is 1. The molecular weight excluding hydrogens is 557 g/mol. The highest BCUT2D eigenvalue weighted by molar-refractivity contribution is 7.92. The number of nitrogens with zero attached hydrogens (tertiary/aromatic N) is 7. The molecule has 0 aliphatic carbocycles. The van der Waals surface area contributed by atoms with Crippen molar-refractivity contribution in [1.82, 2.24) is 29.5 Å². The van der Waals surface area contributed by atoms with Gasteiger partial charge in [0.1, 0.15) is 28.4 Å². The summed E-state index contributed by atoms with van der Waals surface area (Å²) in [4.78, 5) is 28.7. The predicted octanol–water partition coefficient (Wildman–Crippen LogP) is 2.94. The first-order valence-electron chi connectivity index (χ1n) is 11.4. The molecule has 0 bridgehead atoms. The zero-order chi connectivity index (χ0) is 27.4. The molecule has 0 fully saturated rings. The highest BCUT2D eigenvalue weighted by atomic mass is 35.5. The number of hydrogen-bond donors (Lipinski definition) is 0. The standard InChI is InChI=1S/C23H23ClFN7O4S2/c1-12-9-14(25)19(26-10-12)21-20-15(27-23-32(20)29-13(2)37-23)7-8-31(21)18(33)11-36-16-5-6-17(28-22(16)24)30(3)38(4,34)35/h5-6,9-10,21H,7-8,11H2,1-4H3/t21-/m0/s1. The lowest BCUT2D eigenvalue weighted by molar-refractivity contribution is -0.135. The van der Waals surface area contributed by atoms with E-state index in [0.29, 0.717) is 22.6 Å². The number of rotatable bonds is 6. The molecule has 1 aliphatic heterocycles. The molecule has 15 heteroatoms. The Hall–Kier alpha value is -3.36. The topological polar surface area (TPSA) is 123 Å². The van der Waals surface area contributed by atoms with E-state index < -0.39 is 34.4 Å². The third kappa shape index (κ3) is 4.78. The molecule has 1 atom stereocenters. The monoisotopic (exact) mass is 579 g/mol. The first-order valence-corrected chi connectivity index (χ1v) is 14.5. The number of imidazole rings is 1. The quantitative estimate of drug-likeness (QED) is 0.320. The van der Waals surface area contributed by atoms with Crippen LogP contribution >= 0.6 is 22.9 Å². The Morgan fingerprint density at radius 2 is 2.08 bits per heavy atom. The van der Waals surface area contributed by atoms with Gasteiger partial charge in [0.25, 0.3) is 5.91 Å². The zero-order valence-corrected chi connectivity index (χ0v) is 23.2. The Morgan fingerprint density at radius 3 is 2.76 bits per heavy atom. The molecular formula is C23H23ClFN7O4S2.